The lowest BCUT2D eigenvalue weighted by molar-refractivity contribution is -0.150. The first-order valence-electron chi connectivity index (χ1n) is 10.4. The Kier molecular flexibility index (Phi) is 4.70. The van der Waals surface area contributed by atoms with E-state index in [2.05, 4.69) is 5.32 Å². The van der Waals surface area contributed by atoms with Crippen molar-refractivity contribution in [3.63, 3.8) is 0 Å². The molecule has 1 aromatic heterocycles. The van der Waals surface area contributed by atoms with Crippen LogP contribution in [0.2, 0.25) is 0 Å². The molecule has 2 aromatic carbocycles. The number of amides is 2. The molecule has 9 heteroatoms. The molecule has 2 fully saturated rings. The number of anilines is 1. The van der Waals surface area contributed by atoms with Gasteiger partial charge in [0.1, 0.15) is 11.3 Å². The van der Waals surface area contributed by atoms with E-state index in [-0.39, 0.29) is 11.5 Å². The number of ketones is 1. The van der Waals surface area contributed by atoms with Crippen molar-refractivity contribution in [2.45, 2.75) is 18.5 Å². The Morgan fingerprint density at radius 2 is 1.79 bits per heavy atom. The van der Waals surface area contributed by atoms with Crippen LogP contribution in [0.1, 0.15) is 29.1 Å². The molecule has 3 aromatic rings. The molecule has 0 spiro atoms. The van der Waals surface area contributed by atoms with Gasteiger partial charge in [0.25, 0.3) is 0 Å². The van der Waals surface area contributed by atoms with Gasteiger partial charge in [0.2, 0.25) is 11.8 Å². The van der Waals surface area contributed by atoms with E-state index in [1.807, 2.05) is 12.1 Å². The van der Waals surface area contributed by atoms with E-state index >= 15 is 0 Å². The molecule has 2 amide bonds. The lowest BCUT2D eigenvalue weighted by Gasteiger charge is -2.28. The minimum atomic E-state index is -2.06. The number of Topliss-reactive ketones (excluding diaryl/α,β-unsaturated/α-hetero) is 1. The highest BCUT2D eigenvalue weighted by atomic mass is 16.4. The van der Waals surface area contributed by atoms with Crippen molar-refractivity contribution in [3.8, 4) is 0 Å². The third-order valence-electron chi connectivity index (χ3n) is 6.57. The Morgan fingerprint density at radius 1 is 1.09 bits per heavy atom. The molecule has 2 aliphatic rings. The zero-order chi connectivity index (χ0) is 23.5. The number of para-hydroxylation sites is 1. The van der Waals surface area contributed by atoms with Gasteiger partial charge in [0.05, 0.1) is 30.2 Å². The number of furan rings is 1. The number of nitrogens with zero attached hydrogens (tertiary/aromatic N) is 1. The summed E-state index contributed by atoms with van der Waals surface area (Å²) in [5.74, 6) is -5.09. The van der Waals surface area contributed by atoms with Crippen molar-refractivity contribution in [2.75, 3.05) is 11.5 Å². The fourth-order valence-corrected chi connectivity index (χ4v) is 4.91. The molecular weight excluding hydrogens is 428 g/mol. The normalized spacial score (nSPS) is 26.7. The van der Waals surface area contributed by atoms with E-state index in [0.29, 0.717) is 16.9 Å². The Hall–Kier alpha value is -3.82. The summed E-state index contributed by atoms with van der Waals surface area (Å²) in [6, 6.07) is 13.9. The SMILES string of the molecule is CC(=O)c1ccc(N2C(=O)C3C(c4cc5ccccc5o4)NC(CO)(C(=O)O)C3C2=O)cc1. The molecule has 4 atom stereocenters. The lowest BCUT2D eigenvalue weighted by atomic mass is 9.80. The summed E-state index contributed by atoms with van der Waals surface area (Å²) in [6.07, 6.45) is 0. The molecule has 0 bridgehead atoms. The lowest BCUT2D eigenvalue weighted by Crippen LogP contribution is -2.58. The number of rotatable bonds is 5. The summed E-state index contributed by atoms with van der Waals surface area (Å²) in [5, 5.41) is 23.7. The summed E-state index contributed by atoms with van der Waals surface area (Å²) in [7, 11) is 0. The third-order valence-corrected chi connectivity index (χ3v) is 6.57. The topological polar surface area (TPSA) is 137 Å². The molecule has 0 saturated carbocycles. The van der Waals surface area contributed by atoms with Crippen molar-refractivity contribution in [3.05, 3.63) is 65.9 Å². The van der Waals surface area contributed by atoms with Crippen molar-refractivity contribution < 1.29 is 33.8 Å². The summed E-state index contributed by atoms with van der Waals surface area (Å²) < 4.78 is 5.89. The molecule has 3 heterocycles. The van der Waals surface area contributed by atoms with Crippen LogP contribution in [0.15, 0.2) is 59.0 Å². The number of fused-ring (bicyclic) bond motifs is 2. The third kappa shape index (κ3) is 2.93. The highest BCUT2D eigenvalue weighted by molar-refractivity contribution is 6.24. The number of carbonyl (C=O) groups excluding carboxylic acids is 3. The predicted octanol–water partition coefficient (Wildman–Crippen LogP) is 1.90. The van der Waals surface area contributed by atoms with E-state index < -0.39 is 47.8 Å². The molecule has 0 aliphatic carbocycles. The predicted molar refractivity (Wildman–Crippen MR) is 115 cm³/mol. The van der Waals surface area contributed by atoms with Gasteiger partial charge in [-0.15, -0.1) is 0 Å². The van der Waals surface area contributed by atoms with Gasteiger partial charge in [-0.3, -0.25) is 24.5 Å². The number of aliphatic hydroxyl groups excluding tert-OH is 1. The summed E-state index contributed by atoms with van der Waals surface area (Å²) in [6.45, 7) is 0.508. The maximum atomic E-state index is 13.5. The van der Waals surface area contributed by atoms with Crippen molar-refractivity contribution in [1.82, 2.24) is 5.32 Å². The van der Waals surface area contributed by atoms with E-state index in [1.54, 1.807) is 18.2 Å². The number of aliphatic hydroxyl groups is 1. The quantitative estimate of drug-likeness (QED) is 0.398. The molecule has 168 valence electrons. The minimum Gasteiger partial charge on any atom is -0.480 e. The van der Waals surface area contributed by atoms with E-state index in [0.717, 1.165) is 10.3 Å². The smallest absolute Gasteiger partial charge is 0.327 e. The number of imide groups is 1. The van der Waals surface area contributed by atoms with Crippen LogP contribution in [-0.2, 0) is 14.4 Å². The first kappa shape index (κ1) is 21.0. The fourth-order valence-electron chi connectivity index (χ4n) is 4.91. The Morgan fingerprint density at radius 3 is 2.39 bits per heavy atom. The zero-order valence-electron chi connectivity index (χ0n) is 17.5. The maximum Gasteiger partial charge on any atom is 0.327 e. The van der Waals surface area contributed by atoms with Gasteiger partial charge < -0.3 is 14.6 Å². The van der Waals surface area contributed by atoms with Gasteiger partial charge in [-0.1, -0.05) is 18.2 Å². The second-order valence-electron chi connectivity index (χ2n) is 8.36. The number of hydrogen-bond acceptors (Lipinski definition) is 7. The summed E-state index contributed by atoms with van der Waals surface area (Å²) >= 11 is 0. The average molecular weight is 448 g/mol. The van der Waals surface area contributed by atoms with Crippen LogP contribution in [0.3, 0.4) is 0 Å². The molecule has 33 heavy (non-hydrogen) atoms. The van der Waals surface area contributed by atoms with Gasteiger partial charge >= 0.3 is 5.97 Å². The minimum absolute atomic E-state index is 0.170. The molecule has 4 unspecified atom stereocenters. The van der Waals surface area contributed by atoms with E-state index in [9.17, 15) is 29.4 Å². The number of nitrogens with one attached hydrogen (secondary N) is 1. The van der Waals surface area contributed by atoms with Crippen LogP contribution in [0.4, 0.5) is 5.69 Å². The number of carboxylic acids is 1. The summed E-state index contributed by atoms with van der Waals surface area (Å²) in [5.41, 5.74) is -0.869. The highest BCUT2D eigenvalue weighted by Crippen LogP contribution is 2.50. The van der Waals surface area contributed by atoms with E-state index in [4.69, 9.17) is 4.42 Å². The van der Waals surface area contributed by atoms with Gasteiger partial charge in [-0.05, 0) is 43.3 Å². The first-order valence-corrected chi connectivity index (χ1v) is 10.4. The monoisotopic (exact) mass is 448 g/mol. The Labute approximate surface area is 187 Å². The molecular formula is C24H20N2O7. The second-order valence-corrected chi connectivity index (χ2v) is 8.36. The van der Waals surface area contributed by atoms with Crippen LogP contribution in [-0.4, -0.2) is 45.9 Å². The van der Waals surface area contributed by atoms with Crippen LogP contribution < -0.4 is 10.2 Å². The van der Waals surface area contributed by atoms with Gasteiger partial charge in [0.15, 0.2) is 11.3 Å². The number of benzene rings is 2. The molecule has 9 nitrogen and oxygen atoms in total. The molecule has 3 N–H and O–H groups in total. The number of aliphatic carboxylic acids is 1. The molecule has 2 aliphatic heterocycles. The average Bonchev–Trinajstić information content (AvgIpc) is 3.45. The van der Waals surface area contributed by atoms with Crippen LogP contribution in [0.25, 0.3) is 11.0 Å². The van der Waals surface area contributed by atoms with Crippen molar-refractivity contribution >= 4 is 40.2 Å². The van der Waals surface area contributed by atoms with Crippen LogP contribution in [0.5, 0.6) is 0 Å². The van der Waals surface area contributed by atoms with Gasteiger partial charge in [0, 0.05) is 10.9 Å². The summed E-state index contributed by atoms with van der Waals surface area (Å²) in [4.78, 5) is 51.8. The number of hydrogen-bond donors (Lipinski definition) is 3. The molecule has 5 rings (SSSR count). The van der Waals surface area contributed by atoms with Crippen LogP contribution >= 0.6 is 0 Å². The largest absolute Gasteiger partial charge is 0.480 e. The van der Waals surface area contributed by atoms with Crippen molar-refractivity contribution in [1.29, 1.82) is 0 Å². The van der Waals surface area contributed by atoms with Gasteiger partial charge in [-0.2, -0.15) is 0 Å². The van der Waals surface area contributed by atoms with Gasteiger partial charge in [-0.25, -0.2) is 4.90 Å². The molecule has 2 saturated heterocycles. The zero-order valence-corrected chi connectivity index (χ0v) is 17.5. The number of carbonyl (C=O) groups is 4. The number of carboxylic acid groups (broad SMARTS) is 1. The fraction of sp³-hybridized carbons (Fsp3) is 0.250. The van der Waals surface area contributed by atoms with Crippen LogP contribution in [0, 0.1) is 11.8 Å². The Balaban J connectivity index is 1.62. The first-order chi connectivity index (χ1) is 15.8. The van der Waals surface area contributed by atoms with Crippen molar-refractivity contribution in [2.24, 2.45) is 11.8 Å². The standard InChI is InChI=1S/C24H20N2O7/c1-12(28)13-6-8-15(9-7-13)26-21(29)18-19(22(26)30)24(11-27,23(31)32)25-20(18)17-10-14-4-2-3-5-16(14)33-17/h2-10,18-20,25,27H,11H2,1H3,(H,31,32). The highest BCUT2D eigenvalue weighted by Gasteiger charge is 2.69. The maximum absolute atomic E-state index is 13.5. The Bertz CT molecular complexity index is 1280. The van der Waals surface area contributed by atoms with E-state index in [1.165, 1.54) is 31.2 Å². The molecule has 0 radical (unpaired) electrons. The second kappa shape index (κ2) is 7.36.